The second kappa shape index (κ2) is 8.27. The molecule has 1 nitrogen and oxygen atoms in total. The van der Waals surface area contributed by atoms with E-state index < -0.39 is 12.8 Å². The predicted octanol–water partition coefficient (Wildman–Crippen LogP) is 5.29. The number of hydrogen-bond acceptors (Lipinski definition) is 1. The maximum Gasteiger partial charge on any atom is 0.411 e. The van der Waals surface area contributed by atoms with E-state index in [2.05, 4.69) is 36.6 Å². The Labute approximate surface area is 127 Å². The van der Waals surface area contributed by atoms with Crippen LogP contribution in [0.3, 0.4) is 0 Å². The molecule has 0 aromatic heterocycles. The molecule has 0 aliphatic rings. The van der Waals surface area contributed by atoms with Gasteiger partial charge in [0, 0.05) is 16.4 Å². The van der Waals surface area contributed by atoms with Crippen molar-refractivity contribution in [3.05, 3.63) is 34.3 Å². The quantitative estimate of drug-likeness (QED) is 0.444. The van der Waals surface area contributed by atoms with E-state index in [4.69, 9.17) is 0 Å². The van der Waals surface area contributed by atoms with Gasteiger partial charge >= 0.3 is 6.18 Å². The molecule has 1 atom stereocenters. The number of halogens is 5. The maximum atomic E-state index is 11.9. The van der Waals surface area contributed by atoms with Crippen LogP contribution in [0.2, 0.25) is 0 Å². The fourth-order valence-corrected chi connectivity index (χ4v) is 2.65. The lowest BCUT2D eigenvalue weighted by Gasteiger charge is -2.15. The highest BCUT2D eigenvalue weighted by Crippen LogP contribution is 2.25. The van der Waals surface area contributed by atoms with Crippen molar-refractivity contribution in [1.82, 2.24) is 0 Å². The van der Waals surface area contributed by atoms with Crippen molar-refractivity contribution in [1.29, 1.82) is 0 Å². The Morgan fingerprint density at radius 2 is 1.79 bits per heavy atom. The first-order valence-corrected chi connectivity index (χ1v) is 7.80. The SMILES string of the molecule is FC(F)(F)COCCCC(CBr)c1ccc(Br)cc1. The molecule has 108 valence electrons. The average Bonchev–Trinajstić information content (AvgIpc) is 2.34. The van der Waals surface area contributed by atoms with Gasteiger partial charge in [-0.15, -0.1) is 0 Å². The Morgan fingerprint density at radius 3 is 2.32 bits per heavy atom. The van der Waals surface area contributed by atoms with E-state index in [9.17, 15) is 13.2 Å². The number of ether oxygens (including phenoxy) is 1. The average molecular weight is 404 g/mol. The van der Waals surface area contributed by atoms with Crippen LogP contribution in [0.4, 0.5) is 13.2 Å². The molecule has 1 unspecified atom stereocenters. The molecule has 0 N–H and O–H groups in total. The van der Waals surface area contributed by atoms with Crippen molar-refractivity contribution >= 4 is 31.9 Å². The maximum absolute atomic E-state index is 11.9. The zero-order valence-corrected chi connectivity index (χ0v) is 13.4. The molecule has 6 heteroatoms. The summed E-state index contributed by atoms with van der Waals surface area (Å²) in [6.45, 7) is -1.02. The first kappa shape index (κ1) is 17.0. The van der Waals surface area contributed by atoms with E-state index in [-0.39, 0.29) is 6.61 Å². The van der Waals surface area contributed by atoms with Gasteiger partial charge in [-0.3, -0.25) is 0 Å². The molecule has 0 amide bonds. The van der Waals surface area contributed by atoms with Gasteiger partial charge in [0.1, 0.15) is 6.61 Å². The summed E-state index contributed by atoms with van der Waals surface area (Å²) < 4.78 is 41.2. The lowest BCUT2D eigenvalue weighted by molar-refractivity contribution is -0.174. The fraction of sp³-hybridized carbons (Fsp3) is 0.538. The molecular weight excluding hydrogens is 389 g/mol. The minimum Gasteiger partial charge on any atom is -0.372 e. The zero-order valence-electron chi connectivity index (χ0n) is 10.2. The van der Waals surface area contributed by atoms with Crippen LogP contribution in [-0.2, 0) is 4.74 Å². The highest BCUT2D eigenvalue weighted by atomic mass is 79.9. The normalized spacial score (nSPS) is 13.5. The van der Waals surface area contributed by atoms with Gasteiger partial charge in [-0.25, -0.2) is 0 Å². The van der Waals surface area contributed by atoms with E-state index in [1.165, 1.54) is 5.56 Å². The Kier molecular flexibility index (Phi) is 7.39. The standard InChI is InChI=1S/C13H15Br2F3O/c14-8-11(10-3-5-12(15)6-4-10)2-1-7-19-9-13(16,17)18/h3-6,11H,1-2,7-9H2. The molecular formula is C13H15Br2F3O. The molecule has 1 rings (SSSR count). The Morgan fingerprint density at radius 1 is 1.16 bits per heavy atom. The summed E-state index contributed by atoms with van der Waals surface area (Å²) in [7, 11) is 0. The first-order chi connectivity index (χ1) is 8.92. The van der Waals surface area contributed by atoms with Gasteiger partial charge in [-0.05, 0) is 36.5 Å². The third kappa shape index (κ3) is 7.32. The van der Waals surface area contributed by atoms with E-state index >= 15 is 0 Å². The molecule has 0 spiro atoms. The topological polar surface area (TPSA) is 9.23 Å². The monoisotopic (exact) mass is 402 g/mol. The van der Waals surface area contributed by atoms with E-state index in [0.717, 1.165) is 16.2 Å². The highest BCUT2D eigenvalue weighted by Gasteiger charge is 2.27. The van der Waals surface area contributed by atoms with Crippen LogP contribution in [0, 0.1) is 0 Å². The third-order valence-corrected chi connectivity index (χ3v) is 3.94. The van der Waals surface area contributed by atoms with Crippen molar-refractivity contribution in [3.8, 4) is 0 Å². The minimum absolute atomic E-state index is 0.138. The van der Waals surface area contributed by atoms with Crippen molar-refractivity contribution in [3.63, 3.8) is 0 Å². The van der Waals surface area contributed by atoms with Gasteiger partial charge in [0.05, 0.1) is 0 Å². The van der Waals surface area contributed by atoms with E-state index in [1.807, 2.05) is 24.3 Å². The molecule has 0 radical (unpaired) electrons. The van der Waals surface area contributed by atoms with Crippen LogP contribution in [0.1, 0.15) is 24.3 Å². The highest BCUT2D eigenvalue weighted by molar-refractivity contribution is 9.10. The fourth-order valence-electron chi connectivity index (χ4n) is 1.69. The van der Waals surface area contributed by atoms with Crippen LogP contribution >= 0.6 is 31.9 Å². The number of rotatable bonds is 7. The van der Waals surface area contributed by atoms with Crippen molar-refractivity contribution < 1.29 is 17.9 Å². The Hall–Kier alpha value is -0.0700. The summed E-state index contributed by atoms with van der Waals surface area (Å²) in [5.41, 5.74) is 1.18. The largest absolute Gasteiger partial charge is 0.411 e. The molecule has 1 aromatic rings. The molecule has 0 saturated heterocycles. The van der Waals surface area contributed by atoms with Gasteiger partial charge in [-0.1, -0.05) is 44.0 Å². The molecule has 19 heavy (non-hydrogen) atoms. The van der Waals surface area contributed by atoms with Gasteiger partial charge in [0.2, 0.25) is 0 Å². The Bertz CT molecular complexity index is 365. The molecule has 0 aliphatic carbocycles. The van der Waals surface area contributed by atoms with Crippen molar-refractivity contribution in [2.45, 2.75) is 24.9 Å². The van der Waals surface area contributed by atoms with Crippen LogP contribution in [-0.4, -0.2) is 24.7 Å². The Balaban J connectivity index is 2.31. The summed E-state index contributed by atoms with van der Waals surface area (Å²) in [5.74, 6) is 0.294. The van der Waals surface area contributed by atoms with Gasteiger partial charge in [0.25, 0.3) is 0 Å². The van der Waals surface area contributed by atoms with Gasteiger partial charge in [-0.2, -0.15) is 13.2 Å². The predicted molar refractivity (Wildman–Crippen MR) is 76.8 cm³/mol. The smallest absolute Gasteiger partial charge is 0.372 e. The van der Waals surface area contributed by atoms with Crippen LogP contribution in [0.15, 0.2) is 28.7 Å². The van der Waals surface area contributed by atoms with Crippen LogP contribution in [0.25, 0.3) is 0 Å². The lowest BCUT2D eigenvalue weighted by Crippen LogP contribution is -2.17. The summed E-state index contributed by atoms with van der Waals surface area (Å²) in [6, 6.07) is 7.97. The molecule has 0 bridgehead atoms. The third-order valence-electron chi connectivity index (χ3n) is 2.63. The summed E-state index contributed by atoms with van der Waals surface area (Å²) in [4.78, 5) is 0. The van der Waals surface area contributed by atoms with E-state index in [0.29, 0.717) is 12.3 Å². The summed E-state index contributed by atoms with van der Waals surface area (Å²) in [6.07, 6.45) is -2.83. The summed E-state index contributed by atoms with van der Waals surface area (Å²) >= 11 is 6.81. The minimum atomic E-state index is -4.24. The second-order valence-corrected chi connectivity index (χ2v) is 5.78. The number of hydrogen-bond donors (Lipinski definition) is 0. The molecule has 1 aromatic carbocycles. The molecule has 0 saturated carbocycles. The number of alkyl halides is 4. The van der Waals surface area contributed by atoms with Crippen molar-refractivity contribution in [2.24, 2.45) is 0 Å². The van der Waals surface area contributed by atoms with Crippen LogP contribution < -0.4 is 0 Å². The molecule has 0 aliphatic heterocycles. The first-order valence-electron chi connectivity index (χ1n) is 5.88. The van der Waals surface area contributed by atoms with Gasteiger partial charge < -0.3 is 4.74 Å². The summed E-state index contributed by atoms with van der Waals surface area (Å²) in [5, 5.41) is 0.786. The second-order valence-electron chi connectivity index (χ2n) is 4.21. The lowest BCUT2D eigenvalue weighted by atomic mass is 9.96. The van der Waals surface area contributed by atoms with Gasteiger partial charge in [0.15, 0.2) is 0 Å². The van der Waals surface area contributed by atoms with E-state index in [1.54, 1.807) is 0 Å². The van der Waals surface area contributed by atoms with Crippen LogP contribution in [0.5, 0.6) is 0 Å². The zero-order chi connectivity index (χ0) is 14.3. The van der Waals surface area contributed by atoms with Crippen molar-refractivity contribution in [2.75, 3.05) is 18.5 Å². The number of benzene rings is 1. The molecule has 0 fully saturated rings. The molecule has 0 heterocycles.